The summed E-state index contributed by atoms with van der Waals surface area (Å²) in [7, 11) is 0. The van der Waals surface area contributed by atoms with Gasteiger partial charge in [-0.3, -0.25) is 4.79 Å². The smallest absolute Gasteiger partial charge is 0.337 e. The van der Waals surface area contributed by atoms with Gasteiger partial charge in [-0.15, -0.1) is 0 Å². The third kappa shape index (κ3) is 2.86. The lowest BCUT2D eigenvalue weighted by atomic mass is 9.99. The van der Waals surface area contributed by atoms with Gasteiger partial charge in [-0.25, -0.2) is 4.79 Å². The number of hydrogen-bond acceptors (Lipinski definition) is 4. The molecule has 19 heavy (non-hydrogen) atoms. The highest BCUT2D eigenvalue weighted by atomic mass is 35.5. The highest BCUT2D eigenvalue weighted by molar-refractivity contribution is 6.31. The monoisotopic (exact) mass is 284 g/mol. The van der Waals surface area contributed by atoms with Crippen LogP contribution < -0.4 is 11.1 Å². The highest BCUT2D eigenvalue weighted by Crippen LogP contribution is 2.23. The van der Waals surface area contributed by atoms with Crippen molar-refractivity contribution in [2.24, 2.45) is 5.73 Å². The third-order valence-corrected chi connectivity index (χ3v) is 3.20. The summed E-state index contributed by atoms with van der Waals surface area (Å²) >= 11 is 5.73. The van der Waals surface area contributed by atoms with Gasteiger partial charge in [-0.05, 0) is 24.6 Å². The zero-order valence-electron chi connectivity index (χ0n) is 9.98. The summed E-state index contributed by atoms with van der Waals surface area (Å²) in [5.74, 6) is -1.64. The Labute approximate surface area is 114 Å². The number of rotatable bonds is 3. The van der Waals surface area contributed by atoms with E-state index in [2.05, 4.69) is 5.32 Å². The zero-order chi connectivity index (χ0) is 14.0. The second-order valence-corrected chi connectivity index (χ2v) is 4.84. The molecule has 1 aromatic carbocycles. The Hall–Kier alpha value is -1.63. The summed E-state index contributed by atoms with van der Waals surface area (Å²) in [6.07, 6.45) is 0.398. The number of carboxylic acid groups (broad SMARTS) is 1. The lowest BCUT2D eigenvalue weighted by Crippen LogP contribution is -2.51. The fourth-order valence-electron chi connectivity index (χ4n) is 1.81. The SMILES string of the molecule is NC1(C(=O)Nc2ccc(Cl)cc2C(=O)O)CCOC1. The van der Waals surface area contributed by atoms with Crippen molar-refractivity contribution in [1.82, 2.24) is 0 Å². The molecule has 1 saturated heterocycles. The molecule has 1 fully saturated rings. The number of nitrogens with one attached hydrogen (secondary N) is 1. The first-order valence-electron chi connectivity index (χ1n) is 5.63. The molecule has 1 aromatic rings. The number of amides is 1. The summed E-state index contributed by atoms with van der Waals surface area (Å²) in [4.78, 5) is 23.1. The minimum atomic E-state index is -1.17. The highest BCUT2D eigenvalue weighted by Gasteiger charge is 2.38. The molecule has 0 aromatic heterocycles. The number of hydrogen-bond donors (Lipinski definition) is 3. The second kappa shape index (κ2) is 5.16. The Morgan fingerprint density at radius 1 is 1.47 bits per heavy atom. The molecule has 1 amide bonds. The summed E-state index contributed by atoms with van der Waals surface area (Å²) in [6.45, 7) is 0.533. The Morgan fingerprint density at radius 2 is 2.21 bits per heavy atom. The lowest BCUT2D eigenvalue weighted by molar-refractivity contribution is -0.121. The van der Waals surface area contributed by atoms with Crippen LogP contribution in [0.3, 0.4) is 0 Å². The number of nitrogens with two attached hydrogens (primary N) is 1. The fourth-order valence-corrected chi connectivity index (χ4v) is 1.98. The molecule has 2 rings (SSSR count). The van der Waals surface area contributed by atoms with Gasteiger partial charge in [0.1, 0.15) is 5.54 Å². The van der Waals surface area contributed by atoms with Gasteiger partial charge in [0.2, 0.25) is 5.91 Å². The van der Waals surface area contributed by atoms with Gasteiger partial charge >= 0.3 is 5.97 Å². The molecule has 0 saturated carbocycles. The van der Waals surface area contributed by atoms with Crippen LogP contribution in [-0.4, -0.2) is 35.7 Å². The van der Waals surface area contributed by atoms with E-state index >= 15 is 0 Å². The molecule has 7 heteroatoms. The predicted molar refractivity (Wildman–Crippen MR) is 69.4 cm³/mol. The van der Waals surface area contributed by atoms with E-state index in [1.54, 1.807) is 0 Å². The van der Waals surface area contributed by atoms with Crippen LogP contribution >= 0.6 is 11.6 Å². The number of carbonyl (C=O) groups excluding carboxylic acids is 1. The van der Waals surface area contributed by atoms with Gasteiger partial charge in [0.25, 0.3) is 0 Å². The summed E-state index contributed by atoms with van der Waals surface area (Å²) in [5, 5.41) is 11.9. The van der Waals surface area contributed by atoms with E-state index < -0.39 is 17.4 Å². The molecule has 1 unspecified atom stereocenters. The van der Waals surface area contributed by atoms with Gasteiger partial charge in [-0.2, -0.15) is 0 Å². The second-order valence-electron chi connectivity index (χ2n) is 4.41. The number of halogens is 1. The van der Waals surface area contributed by atoms with Gasteiger partial charge in [0.15, 0.2) is 0 Å². The van der Waals surface area contributed by atoms with Crippen molar-refractivity contribution >= 4 is 29.2 Å². The van der Waals surface area contributed by atoms with Gasteiger partial charge < -0.3 is 20.9 Å². The molecule has 4 N–H and O–H groups in total. The maximum absolute atomic E-state index is 12.1. The minimum Gasteiger partial charge on any atom is -0.478 e. The first kappa shape index (κ1) is 13.8. The maximum atomic E-state index is 12.1. The van der Waals surface area contributed by atoms with Crippen LogP contribution in [0.5, 0.6) is 0 Å². The fraction of sp³-hybridized carbons (Fsp3) is 0.333. The molecule has 1 aliphatic heterocycles. The largest absolute Gasteiger partial charge is 0.478 e. The zero-order valence-corrected chi connectivity index (χ0v) is 10.7. The quantitative estimate of drug-likeness (QED) is 0.771. The number of carboxylic acids is 1. The average molecular weight is 285 g/mol. The lowest BCUT2D eigenvalue weighted by Gasteiger charge is -2.21. The summed E-state index contributed by atoms with van der Waals surface area (Å²) in [6, 6.07) is 4.20. The van der Waals surface area contributed by atoms with E-state index in [0.29, 0.717) is 13.0 Å². The first-order chi connectivity index (χ1) is 8.92. The van der Waals surface area contributed by atoms with Crippen LogP contribution in [0.4, 0.5) is 5.69 Å². The van der Waals surface area contributed by atoms with E-state index in [4.69, 9.17) is 27.2 Å². The topological polar surface area (TPSA) is 102 Å². The van der Waals surface area contributed by atoms with Crippen LogP contribution in [0.1, 0.15) is 16.8 Å². The predicted octanol–water partition coefficient (Wildman–Crippen LogP) is 1.09. The van der Waals surface area contributed by atoms with E-state index in [1.807, 2.05) is 0 Å². The molecule has 0 spiro atoms. The van der Waals surface area contributed by atoms with Crippen LogP contribution in [0.2, 0.25) is 5.02 Å². The Kier molecular flexibility index (Phi) is 3.75. The number of carbonyl (C=O) groups is 2. The molecule has 1 heterocycles. The van der Waals surface area contributed by atoms with Crippen molar-refractivity contribution in [2.45, 2.75) is 12.0 Å². The molecule has 102 valence electrons. The number of ether oxygens (including phenoxy) is 1. The van der Waals surface area contributed by atoms with E-state index in [1.165, 1.54) is 18.2 Å². The maximum Gasteiger partial charge on any atom is 0.337 e. The van der Waals surface area contributed by atoms with Crippen molar-refractivity contribution < 1.29 is 19.4 Å². The standard InChI is InChI=1S/C12H13ClN2O4/c13-7-1-2-9(8(5-7)10(16)17)15-11(18)12(14)3-4-19-6-12/h1-2,5H,3-4,6,14H2,(H,15,18)(H,16,17). The average Bonchev–Trinajstić information content (AvgIpc) is 2.79. The van der Waals surface area contributed by atoms with Crippen molar-refractivity contribution in [3.8, 4) is 0 Å². The van der Waals surface area contributed by atoms with Crippen molar-refractivity contribution in [3.05, 3.63) is 28.8 Å². The number of aromatic carboxylic acids is 1. The van der Waals surface area contributed by atoms with E-state index in [0.717, 1.165) is 0 Å². The Morgan fingerprint density at radius 3 is 2.79 bits per heavy atom. The van der Waals surface area contributed by atoms with Gasteiger partial charge in [0, 0.05) is 11.6 Å². The molecule has 1 atom stereocenters. The third-order valence-electron chi connectivity index (χ3n) is 2.96. The first-order valence-corrected chi connectivity index (χ1v) is 6.01. The molecule has 0 aliphatic carbocycles. The molecular weight excluding hydrogens is 272 g/mol. The van der Waals surface area contributed by atoms with Gasteiger partial charge in [0.05, 0.1) is 17.9 Å². The van der Waals surface area contributed by atoms with Gasteiger partial charge in [-0.1, -0.05) is 11.6 Å². The molecule has 0 radical (unpaired) electrons. The summed E-state index contributed by atoms with van der Waals surface area (Å²) < 4.78 is 5.09. The Balaban J connectivity index is 2.23. The molecular formula is C12H13ClN2O4. The molecule has 0 bridgehead atoms. The van der Waals surface area contributed by atoms with Crippen molar-refractivity contribution in [3.63, 3.8) is 0 Å². The van der Waals surface area contributed by atoms with Crippen LogP contribution in [0, 0.1) is 0 Å². The Bertz CT molecular complexity index is 526. The van der Waals surface area contributed by atoms with Crippen LogP contribution in [0.25, 0.3) is 0 Å². The van der Waals surface area contributed by atoms with E-state index in [-0.39, 0.29) is 22.9 Å². The van der Waals surface area contributed by atoms with Crippen LogP contribution in [-0.2, 0) is 9.53 Å². The van der Waals surface area contributed by atoms with E-state index in [9.17, 15) is 9.59 Å². The van der Waals surface area contributed by atoms with Crippen molar-refractivity contribution in [1.29, 1.82) is 0 Å². The minimum absolute atomic E-state index is 0.0802. The molecule has 6 nitrogen and oxygen atoms in total. The number of anilines is 1. The normalized spacial score (nSPS) is 22.2. The molecule has 1 aliphatic rings. The summed E-state index contributed by atoms with van der Waals surface area (Å²) in [5.41, 5.74) is 4.87. The number of benzene rings is 1. The van der Waals surface area contributed by atoms with Crippen LogP contribution in [0.15, 0.2) is 18.2 Å². The van der Waals surface area contributed by atoms with Crippen molar-refractivity contribution in [2.75, 3.05) is 18.5 Å².